The Labute approximate surface area is 142 Å². The first-order valence-corrected chi connectivity index (χ1v) is 9.43. The molecule has 5 fully saturated rings. The number of nitrogens with zero attached hydrogens (tertiary/aromatic N) is 2. The van der Waals surface area contributed by atoms with Gasteiger partial charge in [-0.2, -0.15) is 0 Å². The fraction of sp³-hybridized carbons (Fsp3) is 0.650. The van der Waals surface area contributed by atoms with Gasteiger partial charge in [-0.25, -0.2) is 0 Å². The highest BCUT2D eigenvalue weighted by atomic mass is 16.3. The van der Waals surface area contributed by atoms with E-state index in [1.807, 2.05) is 0 Å². The number of anilines is 1. The Bertz CT molecular complexity index is 764. The van der Waals surface area contributed by atoms with Crippen LogP contribution in [0.1, 0.15) is 31.7 Å². The van der Waals surface area contributed by atoms with E-state index in [1.165, 1.54) is 11.3 Å². The predicted octanol–water partition coefficient (Wildman–Crippen LogP) is 1.76. The number of carbonyl (C=O) groups excluding carboxylic acids is 1. The maximum atomic E-state index is 13.8. The zero-order valence-corrected chi connectivity index (χ0v) is 14.2. The van der Waals surface area contributed by atoms with Crippen molar-refractivity contribution in [3.8, 4) is 0 Å². The lowest BCUT2D eigenvalue weighted by Crippen LogP contribution is -2.72. The minimum Gasteiger partial charge on any atom is -0.378 e. The molecule has 4 saturated heterocycles. The minimum atomic E-state index is -0.360. The highest BCUT2D eigenvalue weighted by Gasteiger charge is 2.76. The number of piperidine rings is 4. The maximum Gasteiger partial charge on any atom is 0.150 e. The highest BCUT2D eigenvalue weighted by Crippen LogP contribution is 2.67. The van der Waals surface area contributed by atoms with Gasteiger partial charge in [-0.1, -0.05) is 25.1 Å². The largest absolute Gasteiger partial charge is 0.378 e. The van der Waals surface area contributed by atoms with Gasteiger partial charge in [-0.15, -0.1) is 0 Å². The normalized spacial score (nSPS) is 52.8. The molecule has 5 bridgehead atoms. The predicted molar refractivity (Wildman–Crippen MR) is 90.7 cm³/mol. The van der Waals surface area contributed by atoms with Crippen LogP contribution in [0.4, 0.5) is 5.69 Å². The zero-order valence-electron chi connectivity index (χ0n) is 14.2. The lowest BCUT2D eigenvalue weighted by Gasteiger charge is -2.62. The molecule has 9 atom stereocenters. The van der Waals surface area contributed by atoms with Crippen molar-refractivity contribution in [1.82, 2.24) is 4.90 Å². The van der Waals surface area contributed by atoms with E-state index in [9.17, 15) is 9.90 Å². The molecule has 24 heavy (non-hydrogen) atoms. The van der Waals surface area contributed by atoms with E-state index in [-0.39, 0.29) is 35.6 Å². The van der Waals surface area contributed by atoms with Gasteiger partial charge in [-0.3, -0.25) is 9.69 Å². The minimum absolute atomic E-state index is 0.138. The van der Waals surface area contributed by atoms with E-state index in [2.05, 4.69) is 48.0 Å². The Morgan fingerprint density at radius 2 is 2.08 bits per heavy atom. The lowest BCUT2D eigenvalue weighted by atomic mass is 9.62. The van der Waals surface area contributed by atoms with Crippen molar-refractivity contribution in [2.45, 2.75) is 56.0 Å². The molecule has 1 aliphatic carbocycles. The van der Waals surface area contributed by atoms with Crippen LogP contribution in [-0.2, 0) is 10.2 Å². The second-order valence-electron chi connectivity index (χ2n) is 8.61. The van der Waals surface area contributed by atoms with Crippen molar-refractivity contribution < 1.29 is 9.90 Å². The van der Waals surface area contributed by atoms with Crippen LogP contribution in [0.2, 0.25) is 0 Å². The number of likely N-dealkylation sites (N-methyl/N-ethyl adjacent to an activating group) is 1. The number of hydrogen-bond acceptors (Lipinski definition) is 4. The van der Waals surface area contributed by atoms with Gasteiger partial charge in [0.05, 0.1) is 11.5 Å². The molecular weight excluding hydrogens is 300 g/mol. The van der Waals surface area contributed by atoms with Gasteiger partial charge in [0.1, 0.15) is 6.23 Å². The topological polar surface area (TPSA) is 43.8 Å². The smallest absolute Gasteiger partial charge is 0.150 e. The summed E-state index contributed by atoms with van der Waals surface area (Å²) in [7, 11) is 2.15. The van der Waals surface area contributed by atoms with Crippen LogP contribution >= 0.6 is 0 Å². The number of rotatable bonds is 1. The molecule has 126 valence electrons. The number of fused-ring (bicyclic) bond motifs is 2. The van der Waals surface area contributed by atoms with Crippen LogP contribution in [0.5, 0.6) is 0 Å². The van der Waals surface area contributed by atoms with Gasteiger partial charge in [0.2, 0.25) is 0 Å². The van der Waals surface area contributed by atoms with Gasteiger partial charge in [0.15, 0.2) is 5.78 Å². The number of hydrogen-bond donors (Lipinski definition) is 1. The molecule has 0 aromatic heterocycles. The molecule has 7 rings (SSSR count). The zero-order chi connectivity index (χ0) is 16.4. The average molecular weight is 324 g/mol. The molecule has 1 spiro atoms. The summed E-state index contributed by atoms with van der Waals surface area (Å²) in [4.78, 5) is 18.5. The molecule has 4 heteroatoms. The molecular formula is C20H24N2O2. The number of aliphatic hydroxyl groups excluding tert-OH is 1. The monoisotopic (exact) mass is 324 g/mol. The van der Waals surface area contributed by atoms with Crippen LogP contribution in [0, 0.1) is 17.8 Å². The number of carbonyl (C=O) groups is 1. The van der Waals surface area contributed by atoms with E-state index >= 15 is 0 Å². The van der Waals surface area contributed by atoms with Crippen molar-refractivity contribution in [1.29, 1.82) is 0 Å². The Morgan fingerprint density at radius 1 is 1.29 bits per heavy atom. The number of para-hydroxylation sites is 1. The summed E-state index contributed by atoms with van der Waals surface area (Å²) in [6.45, 7) is 2.16. The fourth-order valence-electron chi connectivity index (χ4n) is 7.57. The molecule has 1 aromatic rings. The van der Waals surface area contributed by atoms with E-state index in [0.717, 1.165) is 19.3 Å². The van der Waals surface area contributed by atoms with Crippen molar-refractivity contribution >= 4 is 11.5 Å². The van der Waals surface area contributed by atoms with Gasteiger partial charge in [0.25, 0.3) is 0 Å². The summed E-state index contributed by atoms with van der Waals surface area (Å²) in [6.07, 6.45) is 2.59. The first-order chi connectivity index (χ1) is 11.6. The Balaban J connectivity index is 1.61. The summed E-state index contributed by atoms with van der Waals surface area (Å²) >= 11 is 0. The van der Waals surface area contributed by atoms with Gasteiger partial charge >= 0.3 is 0 Å². The van der Waals surface area contributed by atoms with E-state index in [0.29, 0.717) is 17.7 Å². The van der Waals surface area contributed by atoms with Crippen LogP contribution < -0.4 is 4.90 Å². The molecule has 1 aromatic carbocycles. The molecule has 0 radical (unpaired) electrons. The number of ketones is 1. The number of benzene rings is 1. The van der Waals surface area contributed by atoms with Crippen LogP contribution in [0.3, 0.4) is 0 Å². The van der Waals surface area contributed by atoms with Crippen LogP contribution in [-0.4, -0.2) is 47.2 Å². The molecule has 5 heterocycles. The summed E-state index contributed by atoms with van der Waals surface area (Å²) in [5, 5.41) is 11.0. The van der Waals surface area contributed by atoms with Crippen molar-refractivity contribution in [3.05, 3.63) is 29.8 Å². The van der Waals surface area contributed by atoms with Crippen LogP contribution in [0.15, 0.2) is 24.3 Å². The van der Waals surface area contributed by atoms with Gasteiger partial charge in [0, 0.05) is 36.7 Å². The summed E-state index contributed by atoms with van der Waals surface area (Å²) in [5.41, 5.74) is 2.16. The second kappa shape index (κ2) is 4.05. The second-order valence-corrected chi connectivity index (χ2v) is 8.61. The van der Waals surface area contributed by atoms with Crippen molar-refractivity contribution in [3.63, 3.8) is 0 Å². The van der Waals surface area contributed by atoms with Crippen molar-refractivity contribution in [2.24, 2.45) is 17.8 Å². The molecule has 6 aliphatic rings. The number of aliphatic hydroxyl groups is 1. The third-order valence-electron chi connectivity index (χ3n) is 8.19. The Morgan fingerprint density at radius 3 is 2.88 bits per heavy atom. The third kappa shape index (κ3) is 1.16. The summed E-state index contributed by atoms with van der Waals surface area (Å²) < 4.78 is 0. The lowest BCUT2D eigenvalue weighted by molar-refractivity contribution is -0.207. The molecule has 1 N–H and O–H groups in total. The maximum absolute atomic E-state index is 13.8. The van der Waals surface area contributed by atoms with E-state index in [1.54, 1.807) is 0 Å². The molecule has 0 amide bonds. The quantitative estimate of drug-likeness (QED) is 0.855. The van der Waals surface area contributed by atoms with E-state index < -0.39 is 0 Å². The fourth-order valence-corrected chi connectivity index (χ4v) is 7.57. The van der Waals surface area contributed by atoms with Gasteiger partial charge < -0.3 is 10.0 Å². The third-order valence-corrected chi connectivity index (χ3v) is 8.19. The molecule has 1 saturated carbocycles. The standard InChI is InChI=1S/C20H24N2O2/c1-3-10-11-8-14-17-20(12-6-4-5-7-13(12)21(17)2)9-15(16(11)18(20)23)22(14)19(10)24/h4-7,10-11,14-17,19,24H,3,8-9H2,1-2H3/t10-,11+,14+,15+,16+,17+,19+,20-/m1/s1. The molecule has 1 unspecified atom stereocenters. The molecule has 4 nitrogen and oxygen atoms in total. The van der Waals surface area contributed by atoms with Crippen LogP contribution in [0.25, 0.3) is 0 Å². The summed E-state index contributed by atoms with van der Waals surface area (Å²) in [6, 6.07) is 9.27. The summed E-state index contributed by atoms with van der Waals surface area (Å²) in [5.74, 6) is 1.26. The first kappa shape index (κ1) is 13.9. The average Bonchev–Trinajstić information content (AvgIpc) is 2.97. The molecule has 5 aliphatic heterocycles. The first-order valence-electron chi connectivity index (χ1n) is 9.43. The SMILES string of the molecule is CC[C@@H]1[C@@H]2C[C@H]3[C@@H]4N(C)c5ccccc5[C@]45C[C@@H]([C@H]2C5=O)N3[C@H]1O. The van der Waals surface area contributed by atoms with Crippen molar-refractivity contribution in [2.75, 3.05) is 11.9 Å². The van der Waals surface area contributed by atoms with E-state index in [4.69, 9.17) is 0 Å². The Kier molecular flexibility index (Phi) is 2.34. The number of Topliss-reactive ketones (excluding diaryl/α,β-unsaturated/α-hetero) is 1. The Hall–Kier alpha value is -1.39. The highest BCUT2D eigenvalue weighted by molar-refractivity contribution is 6.01. The van der Waals surface area contributed by atoms with Gasteiger partial charge in [-0.05, 0) is 36.8 Å².